The molecule has 0 aliphatic heterocycles. The first-order valence-electron chi connectivity index (χ1n) is 10.0. The summed E-state index contributed by atoms with van der Waals surface area (Å²) in [6, 6.07) is 24.5. The SMILES string of the molecule is CCOc1ccc(S(=O)(=O)Nc2ccc3cc4ccccc4cc3c2)c2cccnc12. The molecule has 0 radical (unpaired) electrons. The lowest BCUT2D eigenvalue weighted by molar-refractivity contribution is 0.343. The summed E-state index contributed by atoms with van der Waals surface area (Å²) >= 11 is 0. The number of hydrogen-bond acceptors (Lipinski definition) is 4. The molecule has 0 aliphatic carbocycles. The molecule has 1 N–H and O–H groups in total. The Morgan fingerprint density at radius 2 is 1.58 bits per heavy atom. The quantitative estimate of drug-likeness (QED) is 0.363. The van der Waals surface area contributed by atoms with Gasteiger partial charge in [-0.2, -0.15) is 0 Å². The number of pyridine rings is 1. The Labute approximate surface area is 180 Å². The smallest absolute Gasteiger partial charge is 0.262 e. The molecule has 6 heteroatoms. The van der Waals surface area contributed by atoms with Crippen LogP contribution in [0.1, 0.15) is 6.92 Å². The van der Waals surface area contributed by atoms with Crippen LogP contribution >= 0.6 is 0 Å². The third-order valence-corrected chi connectivity index (χ3v) is 6.68. The van der Waals surface area contributed by atoms with E-state index in [-0.39, 0.29) is 4.90 Å². The van der Waals surface area contributed by atoms with Gasteiger partial charge in [0.2, 0.25) is 0 Å². The molecule has 5 rings (SSSR count). The lowest BCUT2D eigenvalue weighted by Gasteiger charge is -2.13. The van der Waals surface area contributed by atoms with Crippen LogP contribution in [0.15, 0.2) is 90.0 Å². The maximum atomic E-state index is 13.3. The number of ether oxygens (including phenoxy) is 1. The highest BCUT2D eigenvalue weighted by molar-refractivity contribution is 7.93. The van der Waals surface area contributed by atoms with Crippen LogP contribution in [0.5, 0.6) is 5.75 Å². The molecular formula is C25H20N2O3S. The first-order valence-corrected chi connectivity index (χ1v) is 11.5. The number of sulfonamides is 1. The third-order valence-electron chi connectivity index (χ3n) is 5.24. The zero-order chi connectivity index (χ0) is 21.4. The summed E-state index contributed by atoms with van der Waals surface area (Å²) in [4.78, 5) is 4.50. The number of anilines is 1. The topological polar surface area (TPSA) is 68.3 Å². The second-order valence-electron chi connectivity index (χ2n) is 7.26. The molecule has 0 bridgehead atoms. The third kappa shape index (κ3) is 3.55. The van der Waals surface area contributed by atoms with Gasteiger partial charge >= 0.3 is 0 Å². The van der Waals surface area contributed by atoms with E-state index in [1.54, 1.807) is 36.5 Å². The van der Waals surface area contributed by atoms with Crippen molar-refractivity contribution < 1.29 is 13.2 Å². The number of rotatable bonds is 5. The molecule has 0 amide bonds. The van der Waals surface area contributed by atoms with Crippen molar-refractivity contribution in [2.75, 3.05) is 11.3 Å². The second-order valence-corrected chi connectivity index (χ2v) is 8.91. The fourth-order valence-corrected chi connectivity index (χ4v) is 5.09. The molecule has 4 aromatic carbocycles. The van der Waals surface area contributed by atoms with E-state index < -0.39 is 10.0 Å². The van der Waals surface area contributed by atoms with Gasteiger partial charge in [-0.3, -0.25) is 9.71 Å². The monoisotopic (exact) mass is 428 g/mol. The van der Waals surface area contributed by atoms with E-state index in [4.69, 9.17) is 4.74 Å². The second kappa shape index (κ2) is 7.56. The molecule has 5 nitrogen and oxygen atoms in total. The Bertz CT molecular complexity index is 1550. The van der Waals surface area contributed by atoms with Gasteiger partial charge in [0.25, 0.3) is 10.0 Å². The summed E-state index contributed by atoms with van der Waals surface area (Å²) in [5, 5.41) is 4.80. The number of nitrogens with zero attached hydrogens (tertiary/aromatic N) is 1. The number of fused-ring (bicyclic) bond motifs is 3. The lowest BCUT2D eigenvalue weighted by Crippen LogP contribution is -2.13. The number of nitrogens with one attached hydrogen (secondary N) is 1. The number of benzene rings is 4. The van der Waals surface area contributed by atoms with Crippen molar-refractivity contribution in [1.29, 1.82) is 0 Å². The van der Waals surface area contributed by atoms with Gasteiger partial charge in [0.15, 0.2) is 0 Å². The van der Waals surface area contributed by atoms with E-state index in [0.29, 0.717) is 28.9 Å². The summed E-state index contributed by atoms with van der Waals surface area (Å²) in [6.45, 7) is 2.35. The Morgan fingerprint density at radius 1 is 0.839 bits per heavy atom. The highest BCUT2D eigenvalue weighted by atomic mass is 32.2. The zero-order valence-electron chi connectivity index (χ0n) is 16.9. The molecule has 0 aliphatic rings. The summed E-state index contributed by atoms with van der Waals surface area (Å²) in [5.74, 6) is 0.564. The van der Waals surface area contributed by atoms with E-state index >= 15 is 0 Å². The van der Waals surface area contributed by atoms with Gasteiger partial charge in [0.05, 0.1) is 11.5 Å². The molecule has 154 valence electrons. The van der Waals surface area contributed by atoms with Crippen molar-refractivity contribution in [2.45, 2.75) is 11.8 Å². The van der Waals surface area contributed by atoms with Crippen LogP contribution in [0.4, 0.5) is 5.69 Å². The van der Waals surface area contributed by atoms with E-state index in [9.17, 15) is 8.42 Å². The van der Waals surface area contributed by atoms with Crippen LogP contribution in [0.2, 0.25) is 0 Å². The fraction of sp³-hybridized carbons (Fsp3) is 0.0800. The molecule has 0 unspecified atom stereocenters. The van der Waals surface area contributed by atoms with E-state index in [2.05, 4.69) is 27.9 Å². The molecular weight excluding hydrogens is 408 g/mol. The van der Waals surface area contributed by atoms with Gasteiger partial charge in [-0.25, -0.2) is 8.42 Å². The minimum Gasteiger partial charge on any atom is -0.492 e. The summed E-state index contributed by atoms with van der Waals surface area (Å²) in [5.41, 5.74) is 1.03. The van der Waals surface area contributed by atoms with Crippen molar-refractivity contribution in [3.8, 4) is 5.75 Å². The molecule has 5 aromatic rings. The van der Waals surface area contributed by atoms with Gasteiger partial charge in [-0.05, 0) is 77.0 Å². The predicted octanol–water partition coefficient (Wildman–Crippen LogP) is 5.74. The average molecular weight is 429 g/mol. The number of hydrogen-bond donors (Lipinski definition) is 1. The van der Waals surface area contributed by atoms with Crippen LogP contribution < -0.4 is 9.46 Å². The molecule has 1 aromatic heterocycles. The van der Waals surface area contributed by atoms with Gasteiger partial charge in [-0.1, -0.05) is 30.3 Å². The minimum absolute atomic E-state index is 0.165. The van der Waals surface area contributed by atoms with Gasteiger partial charge in [0.1, 0.15) is 11.3 Å². The highest BCUT2D eigenvalue weighted by Gasteiger charge is 2.20. The molecule has 0 spiro atoms. The molecule has 0 atom stereocenters. The minimum atomic E-state index is -3.83. The average Bonchev–Trinajstić information content (AvgIpc) is 2.77. The van der Waals surface area contributed by atoms with Crippen molar-refractivity contribution in [3.63, 3.8) is 0 Å². The molecule has 0 fully saturated rings. The van der Waals surface area contributed by atoms with Gasteiger partial charge in [-0.15, -0.1) is 0 Å². The van der Waals surface area contributed by atoms with Crippen molar-refractivity contribution in [2.24, 2.45) is 0 Å². The fourth-order valence-electron chi connectivity index (χ4n) is 3.84. The maximum Gasteiger partial charge on any atom is 0.262 e. The lowest BCUT2D eigenvalue weighted by atomic mass is 10.0. The predicted molar refractivity (Wildman–Crippen MR) is 125 cm³/mol. The van der Waals surface area contributed by atoms with Crippen molar-refractivity contribution in [3.05, 3.63) is 85.1 Å². The Hall–Kier alpha value is -3.64. The van der Waals surface area contributed by atoms with Crippen LogP contribution in [0.25, 0.3) is 32.4 Å². The van der Waals surface area contributed by atoms with E-state index in [1.807, 2.05) is 37.3 Å². The van der Waals surface area contributed by atoms with Crippen molar-refractivity contribution >= 4 is 48.2 Å². The van der Waals surface area contributed by atoms with Crippen molar-refractivity contribution in [1.82, 2.24) is 4.98 Å². The normalized spacial score (nSPS) is 11.8. The molecule has 1 heterocycles. The van der Waals surface area contributed by atoms with Crippen LogP contribution in [-0.4, -0.2) is 20.0 Å². The largest absolute Gasteiger partial charge is 0.492 e. The number of aromatic nitrogens is 1. The van der Waals surface area contributed by atoms with Gasteiger partial charge < -0.3 is 4.74 Å². The maximum absolute atomic E-state index is 13.3. The molecule has 0 saturated heterocycles. The van der Waals surface area contributed by atoms with Gasteiger partial charge in [0, 0.05) is 17.3 Å². The summed E-state index contributed by atoms with van der Waals surface area (Å²) in [6.07, 6.45) is 1.63. The first-order chi connectivity index (χ1) is 15.0. The Morgan fingerprint density at radius 3 is 2.35 bits per heavy atom. The molecule has 0 saturated carbocycles. The first kappa shape index (κ1) is 19.3. The Balaban J connectivity index is 1.57. The standard InChI is InChI=1S/C25H20N2O3S/c1-2-30-23-11-12-24(22-8-5-13-26-25(22)23)31(28,29)27-21-10-9-19-14-17-6-3-4-7-18(17)15-20(19)16-21/h3-16,27H,2H2,1H3. The zero-order valence-corrected chi connectivity index (χ0v) is 17.7. The van der Waals surface area contributed by atoms with E-state index in [0.717, 1.165) is 21.5 Å². The van der Waals surface area contributed by atoms with E-state index in [1.165, 1.54) is 0 Å². The molecule has 31 heavy (non-hydrogen) atoms. The van der Waals surface area contributed by atoms with Crippen LogP contribution in [0.3, 0.4) is 0 Å². The Kier molecular flexibility index (Phi) is 4.71. The van der Waals surface area contributed by atoms with Crippen LogP contribution in [0, 0.1) is 0 Å². The summed E-state index contributed by atoms with van der Waals surface area (Å²) < 4.78 is 34.8. The summed E-state index contributed by atoms with van der Waals surface area (Å²) in [7, 11) is -3.83. The highest BCUT2D eigenvalue weighted by Crippen LogP contribution is 2.31. The van der Waals surface area contributed by atoms with Crippen LogP contribution in [-0.2, 0) is 10.0 Å².